The van der Waals surface area contributed by atoms with Gasteiger partial charge in [0.25, 0.3) is 5.56 Å². The largest absolute Gasteiger partial charge is 0.329 e. The highest BCUT2D eigenvalue weighted by atomic mass is 32.2. The van der Waals surface area contributed by atoms with Crippen molar-refractivity contribution < 1.29 is 8.42 Å². The molecule has 1 saturated carbocycles. The second-order valence-electron chi connectivity index (χ2n) is 8.37. The molecule has 8 nitrogen and oxygen atoms in total. The second kappa shape index (κ2) is 7.44. The van der Waals surface area contributed by atoms with Gasteiger partial charge in [0.2, 0.25) is 10.0 Å². The Morgan fingerprint density at radius 2 is 1.89 bits per heavy atom. The van der Waals surface area contributed by atoms with Crippen LogP contribution < -0.4 is 16.0 Å². The van der Waals surface area contributed by atoms with Crippen molar-refractivity contribution in [3.05, 3.63) is 33.1 Å². The molecule has 1 aliphatic carbocycles. The highest BCUT2D eigenvalue weighted by Gasteiger charge is 2.33. The summed E-state index contributed by atoms with van der Waals surface area (Å²) < 4.78 is 29.6. The molecule has 2 heterocycles. The van der Waals surface area contributed by atoms with Gasteiger partial charge in [-0.1, -0.05) is 27.2 Å². The Balaban J connectivity index is 1.81. The van der Waals surface area contributed by atoms with E-state index in [0.717, 1.165) is 32.1 Å². The van der Waals surface area contributed by atoms with E-state index in [4.69, 9.17) is 0 Å². The van der Waals surface area contributed by atoms with Gasteiger partial charge in [0.05, 0.1) is 5.39 Å². The minimum absolute atomic E-state index is 0.0679. The van der Waals surface area contributed by atoms with Crippen LogP contribution in [0, 0.1) is 11.3 Å². The van der Waals surface area contributed by atoms with Gasteiger partial charge < -0.3 is 0 Å². The topological polar surface area (TPSA) is 114 Å². The van der Waals surface area contributed by atoms with Crippen molar-refractivity contribution in [2.45, 2.75) is 63.8 Å². The van der Waals surface area contributed by atoms with Crippen molar-refractivity contribution in [3.63, 3.8) is 0 Å². The fourth-order valence-electron chi connectivity index (χ4n) is 3.93. The van der Waals surface area contributed by atoms with E-state index in [2.05, 4.69) is 35.5 Å². The van der Waals surface area contributed by atoms with Crippen molar-refractivity contribution in [2.24, 2.45) is 18.4 Å². The van der Waals surface area contributed by atoms with E-state index in [1.165, 1.54) is 23.9 Å². The highest BCUT2D eigenvalue weighted by Crippen LogP contribution is 2.40. The van der Waals surface area contributed by atoms with E-state index in [9.17, 15) is 18.0 Å². The molecular weight excluding hydrogens is 380 g/mol. The number of fused-ring (bicyclic) bond motifs is 1. The number of aryl methyl sites for hydroxylation is 1. The molecule has 154 valence electrons. The number of nitrogens with zero attached hydrogens (tertiary/aromatic N) is 2. The summed E-state index contributed by atoms with van der Waals surface area (Å²) >= 11 is 0. The molecule has 28 heavy (non-hydrogen) atoms. The van der Waals surface area contributed by atoms with Gasteiger partial charge in [-0.2, -0.15) is 0 Å². The minimum atomic E-state index is -3.80. The molecule has 2 aromatic rings. The molecule has 0 radical (unpaired) electrons. The fraction of sp³-hybridized carbons (Fsp3) is 0.632. The van der Waals surface area contributed by atoms with Gasteiger partial charge in [-0.3, -0.25) is 14.3 Å². The van der Waals surface area contributed by atoms with E-state index >= 15 is 0 Å². The number of hydrogen-bond donors (Lipinski definition) is 2. The van der Waals surface area contributed by atoms with E-state index in [-0.39, 0.29) is 27.4 Å². The van der Waals surface area contributed by atoms with E-state index in [1.54, 1.807) is 0 Å². The van der Waals surface area contributed by atoms with Gasteiger partial charge in [0.15, 0.2) is 0 Å². The number of rotatable bonds is 5. The number of H-pyrrole nitrogens is 1. The van der Waals surface area contributed by atoms with Crippen LogP contribution in [-0.4, -0.2) is 29.0 Å². The Bertz CT molecular complexity index is 1090. The SMILES string of the molecule is CCC(C)(C)C1CCC(NS(=O)(=O)c2cnc3c(c2)c(=O)[nH]c(=O)n3C)CC1. The highest BCUT2D eigenvalue weighted by molar-refractivity contribution is 7.89. The Labute approximate surface area is 164 Å². The van der Waals surface area contributed by atoms with Crippen molar-refractivity contribution in [2.75, 3.05) is 0 Å². The molecule has 1 fully saturated rings. The molecule has 3 rings (SSSR count). The summed E-state index contributed by atoms with van der Waals surface area (Å²) in [6, 6.07) is 1.15. The summed E-state index contributed by atoms with van der Waals surface area (Å²) in [6.07, 6.45) is 5.87. The zero-order valence-electron chi connectivity index (χ0n) is 16.8. The van der Waals surface area contributed by atoms with Crippen LogP contribution in [0.3, 0.4) is 0 Å². The molecule has 0 aromatic carbocycles. The number of aromatic nitrogens is 3. The Morgan fingerprint density at radius 1 is 1.25 bits per heavy atom. The van der Waals surface area contributed by atoms with Gasteiger partial charge in [0, 0.05) is 19.3 Å². The van der Waals surface area contributed by atoms with Crippen LogP contribution in [0.15, 0.2) is 26.7 Å². The summed E-state index contributed by atoms with van der Waals surface area (Å²) in [5, 5.41) is 0.0679. The lowest BCUT2D eigenvalue weighted by Crippen LogP contribution is -2.40. The van der Waals surface area contributed by atoms with Gasteiger partial charge in [-0.25, -0.2) is 22.9 Å². The van der Waals surface area contributed by atoms with Crippen LogP contribution in [0.25, 0.3) is 11.0 Å². The van der Waals surface area contributed by atoms with Crippen molar-refractivity contribution >= 4 is 21.1 Å². The standard InChI is InChI=1S/C19H28N4O4S/c1-5-19(2,3)12-6-8-13(9-7-12)22-28(26,27)14-10-15-16(20-11-14)23(4)18(25)21-17(15)24/h10-13,22H,5-9H2,1-4H3,(H,21,24,25). The third kappa shape index (κ3) is 3.91. The third-order valence-electron chi connectivity index (χ3n) is 6.30. The van der Waals surface area contributed by atoms with Crippen LogP contribution in [0.4, 0.5) is 0 Å². The molecule has 0 unspecified atom stereocenters. The predicted molar refractivity (Wildman–Crippen MR) is 108 cm³/mol. The van der Waals surface area contributed by atoms with Gasteiger partial charge in [0.1, 0.15) is 10.5 Å². The first-order valence-corrected chi connectivity index (χ1v) is 11.1. The molecule has 0 amide bonds. The van der Waals surface area contributed by atoms with Crippen LogP contribution >= 0.6 is 0 Å². The Morgan fingerprint density at radius 3 is 2.50 bits per heavy atom. The quantitative estimate of drug-likeness (QED) is 0.784. The van der Waals surface area contributed by atoms with Crippen LogP contribution in [0.2, 0.25) is 0 Å². The van der Waals surface area contributed by atoms with Crippen molar-refractivity contribution in [3.8, 4) is 0 Å². The van der Waals surface area contributed by atoms with Crippen LogP contribution in [-0.2, 0) is 17.1 Å². The molecule has 0 aliphatic heterocycles. The zero-order valence-corrected chi connectivity index (χ0v) is 17.6. The molecule has 1 aliphatic rings. The first kappa shape index (κ1) is 20.7. The third-order valence-corrected chi connectivity index (χ3v) is 7.79. The summed E-state index contributed by atoms with van der Waals surface area (Å²) in [4.78, 5) is 29.8. The number of nitrogens with one attached hydrogen (secondary N) is 2. The summed E-state index contributed by atoms with van der Waals surface area (Å²) in [5.74, 6) is 0.598. The number of sulfonamides is 1. The number of pyridine rings is 1. The maximum Gasteiger partial charge on any atom is 0.329 e. The average Bonchev–Trinajstić information content (AvgIpc) is 2.66. The van der Waals surface area contributed by atoms with E-state index in [0.29, 0.717) is 5.92 Å². The van der Waals surface area contributed by atoms with Crippen molar-refractivity contribution in [1.82, 2.24) is 19.3 Å². The first-order valence-electron chi connectivity index (χ1n) is 9.66. The first-order chi connectivity index (χ1) is 13.0. The lowest BCUT2D eigenvalue weighted by molar-refractivity contribution is 0.142. The van der Waals surface area contributed by atoms with Crippen LogP contribution in [0.1, 0.15) is 52.9 Å². The summed E-state index contributed by atoms with van der Waals surface area (Å²) in [7, 11) is -2.33. The summed E-state index contributed by atoms with van der Waals surface area (Å²) in [6.45, 7) is 6.74. The minimum Gasteiger partial charge on any atom is -0.281 e. The van der Waals surface area contributed by atoms with E-state index in [1.807, 2.05) is 0 Å². The Kier molecular flexibility index (Phi) is 5.51. The van der Waals surface area contributed by atoms with Crippen LogP contribution in [0.5, 0.6) is 0 Å². The monoisotopic (exact) mass is 408 g/mol. The molecule has 0 spiro atoms. The molecule has 0 bridgehead atoms. The normalized spacial score (nSPS) is 21.1. The van der Waals surface area contributed by atoms with Gasteiger partial charge in [-0.05, 0) is 43.1 Å². The number of aromatic amines is 1. The lowest BCUT2D eigenvalue weighted by Gasteiger charge is -2.38. The van der Waals surface area contributed by atoms with Crippen molar-refractivity contribution in [1.29, 1.82) is 0 Å². The molecule has 0 atom stereocenters. The molecule has 2 aromatic heterocycles. The average molecular weight is 409 g/mol. The lowest BCUT2D eigenvalue weighted by atomic mass is 9.69. The fourth-order valence-corrected chi connectivity index (χ4v) is 5.21. The maximum atomic E-state index is 12.8. The maximum absolute atomic E-state index is 12.8. The molecular formula is C19H28N4O4S. The smallest absolute Gasteiger partial charge is 0.281 e. The number of hydrogen-bond acceptors (Lipinski definition) is 5. The molecule has 2 N–H and O–H groups in total. The van der Waals surface area contributed by atoms with Gasteiger partial charge in [-0.15, -0.1) is 0 Å². The second-order valence-corrected chi connectivity index (χ2v) is 10.1. The molecule has 0 saturated heterocycles. The summed E-state index contributed by atoms with van der Waals surface area (Å²) in [5.41, 5.74) is -0.825. The van der Waals surface area contributed by atoms with Gasteiger partial charge >= 0.3 is 5.69 Å². The molecule has 9 heteroatoms. The van der Waals surface area contributed by atoms with E-state index < -0.39 is 21.3 Å². The zero-order chi connectivity index (χ0) is 20.7. The predicted octanol–water partition coefficient (Wildman–Crippen LogP) is 1.90. The Hall–Kier alpha value is -2.00.